The fourth-order valence-electron chi connectivity index (χ4n) is 8.62. The Labute approximate surface area is 157 Å². The van der Waals surface area contributed by atoms with E-state index < -0.39 is 11.2 Å². The van der Waals surface area contributed by atoms with Gasteiger partial charge in [0.1, 0.15) is 0 Å². The van der Waals surface area contributed by atoms with Crippen LogP contribution in [0.3, 0.4) is 0 Å². The molecule has 0 heterocycles. The minimum atomic E-state index is -0.776. The molecule has 6 rings (SSSR count). The van der Waals surface area contributed by atoms with Crippen LogP contribution in [0.2, 0.25) is 0 Å². The summed E-state index contributed by atoms with van der Waals surface area (Å²) in [6.07, 6.45) is 24.4. The first kappa shape index (κ1) is 17.0. The van der Waals surface area contributed by atoms with E-state index >= 15 is 0 Å². The number of hydrogen-bond acceptors (Lipinski definition) is 2. The molecule has 4 bridgehead atoms. The first-order valence-corrected chi connectivity index (χ1v) is 10.3. The summed E-state index contributed by atoms with van der Waals surface area (Å²) in [6.45, 7) is 4.84. The van der Waals surface area contributed by atoms with Gasteiger partial charge in [-0.05, 0) is 62.2 Å². The lowest BCUT2D eigenvalue weighted by Gasteiger charge is -2.74. The third-order valence-electron chi connectivity index (χ3n) is 8.52. The molecule has 4 saturated carbocycles. The molecule has 0 aromatic carbocycles. The van der Waals surface area contributed by atoms with E-state index in [0.717, 1.165) is 32.1 Å². The molecule has 2 heteroatoms. The van der Waals surface area contributed by atoms with Gasteiger partial charge in [-0.3, -0.25) is 0 Å². The van der Waals surface area contributed by atoms with E-state index in [-0.39, 0.29) is 21.7 Å². The molecule has 4 fully saturated rings. The van der Waals surface area contributed by atoms with Gasteiger partial charge >= 0.3 is 0 Å². The molecule has 6 aliphatic carbocycles. The van der Waals surface area contributed by atoms with Gasteiger partial charge in [0.15, 0.2) is 0 Å². The molecule has 0 amide bonds. The lowest BCUT2D eigenvalue weighted by Crippen LogP contribution is -2.70. The highest BCUT2D eigenvalue weighted by Gasteiger charge is 2.73. The van der Waals surface area contributed by atoms with Gasteiger partial charge in [0, 0.05) is 10.8 Å². The predicted molar refractivity (Wildman–Crippen MR) is 104 cm³/mol. The molecule has 140 valence electrons. The first-order chi connectivity index (χ1) is 12.2. The topological polar surface area (TPSA) is 40.5 Å². The Balaban J connectivity index is 1.66. The Kier molecular flexibility index (Phi) is 3.16. The van der Waals surface area contributed by atoms with Gasteiger partial charge in [-0.2, -0.15) is 0 Å². The standard InChI is InChI=1S/C24H32O2/c1-19-13-20(2)16-21(14-19,23(25)9-5-3-6-10-23)18-22(15-19,17-20)24(26)11-7-4-8-12-24/h3-9,11,25-26H,10,12-18H2,1-2H3. The van der Waals surface area contributed by atoms with Gasteiger partial charge in [-0.1, -0.05) is 62.5 Å². The molecule has 26 heavy (non-hydrogen) atoms. The summed E-state index contributed by atoms with van der Waals surface area (Å²) in [6, 6.07) is 0. The lowest BCUT2D eigenvalue weighted by molar-refractivity contribution is -0.275. The molecule has 0 aromatic heterocycles. The van der Waals surface area contributed by atoms with Crippen LogP contribution in [0.25, 0.3) is 0 Å². The highest BCUT2D eigenvalue weighted by Crippen LogP contribution is 2.78. The summed E-state index contributed by atoms with van der Waals surface area (Å²) < 4.78 is 0. The second kappa shape index (κ2) is 4.83. The molecule has 2 atom stereocenters. The van der Waals surface area contributed by atoms with Crippen LogP contribution in [0.5, 0.6) is 0 Å². The maximum atomic E-state index is 11.8. The number of aliphatic hydroxyl groups is 2. The fourth-order valence-corrected chi connectivity index (χ4v) is 8.62. The van der Waals surface area contributed by atoms with E-state index in [1.54, 1.807) is 0 Å². The summed E-state index contributed by atoms with van der Waals surface area (Å²) in [7, 11) is 0. The van der Waals surface area contributed by atoms with Gasteiger partial charge in [0.05, 0.1) is 11.2 Å². The van der Waals surface area contributed by atoms with Crippen LogP contribution in [0.15, 0.2) is 48.6 Å². The zero-order chi connectivity index (χ0) is 18.3. The van der Waals surface area contributed by atoms with E-state index in [2.05, 4.69) is 50.3 Å². The summed E-state index contributed by atoms with van der Waals surface area (Å²) >= 11 is 0. The molecule has 2 nitrogen and oxygen atoms in total. The maximum Gasteiger partial charge on any atom is 0.0921 e. The molecule has 6 aliphatic rings. The van der Waals surface area contributed by atoms with Crippen molar-refractivity contribution in [1.29, 1.82) is 0 Å². The van der Waals surface area contributed by atoms with Crippen LogP contribution >= 0.6 is 0 Å². The second-order valence-electron chi connectivity index (χ2n) is 11.1. The predicted octanol–water partition coefficient (Wildman–Crippen LogP) is 4.85. The largest absolute Gasteiger partial charge is 0.385 e. The van der Waals surface area contributed by atoms with Crippen molar-refractivity contribution >= 4 is 0 Å². The first-order valence-electron chi connectivity index (χ1n) is 10.3. The Morgan fingerprint density at radius 2 is 1.00 bits per heavy atom. The highest BCUT2D eigenvalue weighted by molar-refractivity contribution is 5.33. The molecule has 2 unspecified atom stereocenters. The van der Waals surface area contributed by atoms with Crippen molar-refractivity contribution in [2.75, 3.05) is 0 Å². The minimum Gasteiger partial charge on any atom is -0.385 e. The summed E-state index contributed by atoms with van der Waals surface area (Å²) in [5.41, 5.74) is -1.39. The Hall–Kier alpha value is -1.12. The molecule has 2 N–H and O–H groups in total. The van der Waals surface area contributed by atoms with Crippen molar-refractivity contribution in [2.45, 2.75) is 76.4 Å². The zero-order valence-corrected chi connectivity index (χ0v) is 16.2. The van der Waals surface area contributed by atoms with Crippen LogP contribution < -0.4 is 0 Å². The molecular formula is C24H32O2. The zero-order valence-electron chi connectivity index (χ0n) is 16.2. The van der Waals surface area contributed by atoms with Crippen LogP contribution in [-0.4, -0.2) is 21.4 Å². The van der Waals surface area contributed by atoms with Crippen molar-refractivity contribution in [1.82, 2.24) is 0 Å². The van der Waals surface area contributed by atoms with Crippen molar-refractivity contribution in [3.05, 3.63) is 48.6 Å². The number of rotatable bonds is 2. The molecule has 0 spiro atoms. The number of allylic oxidation sites excluding steroid dienone is 4. The molecular weight excluding hydrogens is 320 g/mol. The van der Waals surface area contributed by atoms with Crippen molar-refractivity contribution in [2.24, 2.45) is 21.7 Å². The third kappa shape index (κ3) is 2.06. The normalized spacial score (nSPS) is 57.1. The number of hydrogen-bond donors (Lipinski definition) is 2. The summed E-state index contributed by atoms with van der Waals surface area (Å²) in [5, 5.41) is 23.6. The minimum absolute atomic E-state index is 0.128. The van der Waals surface area contributed by atoms with Crippen molar-refractivity contribution < 1.29 is 10.2 Å². The fraction of sp³-hybridized carbons (Fsp3) is 0.667. The van der Waals surface area contributed by atoms with Gasteiger partial charge in [-0.15, -0.1) is 0 Å². The smallest absolute Gasteiger partial charge is 0.0921 e. The van der Waals surface area contributed by atoms with Crippen molar-refractivity contribution in [3.8, 4) is 0 Å². The maximum absolute atomic E-state index is 11.8. The Bertz CT molecular complexity index is 680. The van der Waals surface area contributed by atoms with E-state index in [1.807, 2.05) is 12.2 Å². The van der Waals surface area contributed by atoms with Gasteiger partial charge in [0.2, 0.25) is 0 Å². The third-order valence-corrected chi connectivity index (χ3v) is 8.52. The monoisotopic (exact) mass is 352 g/mol. The van der Waals surface area contributed by atoms with E-state index in [9.17, 15) is 10.2 Å². The van der Waals surface area contributed by atoms with Crippen LogP contribution in [0.4, 0.5) is 0 Å². The van der Waals surface area contributed by atoms with Gasteiger partial charge in [0.25, 0.3) is 0 Å². The highest BCUT2D eigenvalue weighted by atomic mass is 16.3. The molecule has 0 aliphatic heterocycles. The molecule has 0 radical (unpaired) electrons. The average molecular weight is 353 g/mol. The molecule has 0 saturated heterocycles. The van der Waals surface area contributed by atoms with E-state index in [4.69, 9.17) is 0 Å². The second-order valence-corrected chi connectivity index (χ2v) is 11.1. The van der Waals surface area contributed by atoms with Gasteiger partial charge in [-0.25, -0.2) is 0 Å². The summed E-state index contributed by atoms with van der Waals surface area (Å²) in [4.78, 5) is 0. The Morgan fingerprint density at radius 3 is 1.35 bits per heavy atom. The molecule has 0 aromatic rings. The van der Waals surface area contributed by atoms with Crippen LogP contribution in [0, 0.1) is 21.7 Å². The summed E-state index contributed by atoms with van der Waals surface area (Å²) in [5.74, 6) is 0. The van der Waals surface area contributed by atoms with E-state index in [1.165, 1.54) is 6.42 Å². The van der Waals surface area contributed by atoms with Gasteiger partial charge < -0.3 is 10.2 Å². The lowest BCUT2D eigenvalue weighted by atomic mass is 9.31. The quantitative estimate of drug-likeness (QED) is 0.746. The SMILES string of the molecule is CC12CC3(C)CC(C4(O)C=CC=CC4)(C1)CC(C1(O)C=CC=CC1)(C2)C3. The van der Waals surface area contributed by atoms with Crippen molar-refractivity contribution in [3.63, 3.8) is 0 Å². The Morgan fingerprint density at radius 1 is 0.577 bits per heavy atom. The average Bonchev–Trinajstić information content (AvgIpc) is 2.53. The van der Waals surface area contributed by atoms with E-state index in [0.29, 0.717) is 12.8 Å². The van der Waals surface area contributed by atoms with Crippen LogP contribution in [-0.2, 0) is 0 Å². The van der Waals surface area contributed by atoms with Crippen LogP contribution in [0.1, 0.15) is 65.2 Å².